The van der Waals surface area contributed by atoms with Gasteiger partial charge in [-0.15, -0.1) is 0 Å². The van der Waals surface area contributed by atoms with E-state index in [-0.39, 0.29) is 30.8 Å². The van der Waals surface area contributed by atoms with E-state index in [1.54, 1.807) is 4.90 Å². The Morgan fingerprint density at radius 3 is 2.32 bits per heavy atom. The number of carbonyl (C=O) groups excluding carboxylic acids is 2. The second kappa shape index (κ2) is 9.46. The zero-order valence-corrected chi connectivity index (χ0v) is 18.8. The van der Waals surface area contributed by atoms with Gasteiger partial charge in [-0.3, -0.25) is 9.59 Å². The van der Waals surface area contributed by atoms with Gasteiger partial charge in [0.05, 0.1) is 6.04 Å². The molecule has 34 heavy (non-hydrogen) atoms. The van der Waals surface area contributed by atoms with Crippen molar-refractivity contribution in [1.82, 2.24) is 10.2 Å². The van der Waals surface area contributed by atoms with Crippen LogP contribution in [0.3, 0.4) is 0 Å². The number of nitrogens with zero attached hydrogens (tertiary/aromatic N) is 1. The number of alkyl carbamates (subject to hydrolysis) is 1. The average Bonchev–Trinajstić information content (AvgIpc) is 3.39. The van der Waals surface area contributed by atoms with Crippen LogP contribution in [0.4, 0.5) is 4.79 Å². The minimum absolute atomic E-state index is 0.0285. The number of carboxylic acid groups (broad SMARTS) is 1. The predicted molar refractivity (Wildman–Crippen MR) is 123 cm³/mol. The maximum atomic E-state index is 12.8. The molecule has 2 atom stereocenters. The molecule has 2 amide bonds. The van der Waals surface area contributed by atoms with Gasteiger partial charge in [-0.05, 0) is 41.0 Å². The highest BCUT2D eigenvalue weighted by molar-refractivity contribution is 5.84. The van der Waals surface area contributed by atoms with Crippen molar-refractivity contribution in [1.29, 1.82) is 0 Å². The second-order valence-corrected chi connectivity index (χ2v) is 9.20. The monoisotopic (exact) mass is 464 g/mol. The van der Waals surface area contributed by atoms with Crippen molar-refractivity contribution in [2.75, 3.05) is 26.3 Å². The summed E-state index contributed by atoms with van der Waals surface area (Å²) in [5, 5.41) is 11.6. The van der Waals surface area contributed by atoms with E-state index in [2.05, 4.69) is 29.6 Å². The highest BCUT2D eigenvalue weighted by Crippen LogP contribution is 2.44. The number of amides is 2. The molecule has 0 spiro atoms. The van der Waals surface area contributed by atoms with E-state index in [1.165, 1.54) is 0 Å². The van der Waals surface area contributed by atoms with Crippen molar-refractivity contribution in [2.45, 2.75) is 37.3 Å². The maximum absolute atomic E-state index is 12.8. The summed E-state index contributed by atoms with van der Waals surface area (Å²) in [6.45, 7) is 1.66. The predicted octanol–water partition coefficient (Wildman–Crippen LogP) is 3.01. The van der Waals surface area contributed by atoms with Gasteiger partial charge in [-0.25, -0.2) is 4.79 Å². The first-order chi connectivity index (χ1) is 16.5. The van der Waals surface area contributed by atoms with E-state index in [0.717, 1.165) is 22.3 Å². The molecule has 0 unspecified atom stereocenters. The molecule has 2 saturated heterocycles. The van der Waals surface area contributed by atoms with Gasteiger partial charge in [0.25, 0.3) is 5.91 Å². The molecule has 0 aromatic heterocycles. The van der Waals surface area contributed by atoms with Gasteiger partial charge in [0.15, 0.2) is 6.10 Å². The fraction of sp³-hybridized carbons (Fsp3) is 0.423. The standard InChI is InChI=1S/C26H28N2O6/c29-23(30)10-9-16-13-28(14-16)25(31)24-22(11-12-33-24)27-26(32)34-15-21-19-7-3-1-5-17(19)18-6-2-4-8-20(18)21/h1-8,16,21-22,24H,9-15H2,(H,27,32)(H,29,30)/t22-,24+/m0/s1. The van der Waals surface area contributed by atoms with E-state index >= 15 is 0 Å². The summed E-state index contributed by atoms with van der Waals surface area (Å²) in [4.78, 5) is 37.9. The summed E-state index contributed by atoms with van der Waals surface area (Å²) in [5.74, 6) is -0.807. The Labute approximate surface area is 197 Å². The SMILES string of the molecule is O=C(O)CCC1CN(C(=O)[C@@H]2OCC[C@@H]2NC(=O)OCC2c3ccccc3-c3ccccc32)C1. The van der Waals surface area contributed by atoms with Crippen LogP contribution in [0.2, 0.25) is 0 Å². The molecule has 2 aromatic rings. The molecule has 2 fully saturated rings. The Morgan fingerprint density at radius 1 is 1.03 bits per heavy atom. The number of benzene rings is 2. The number of fused-ring (bicyclic) bond motifs is 3. The number of hydrogen-bond acceptors (Lipinski definition) is 5. The first-order valence-electron chi connectivity index (χ1n) is 11.7. The number of likely N-dealkylation sites (tertiary alicyclic amines) is 1. The second-order valence-electron chi connectivity index (χ2n) is 9.20. The van der Waals surface area contributed by atoms with E-state index in [4.69, 9.17) is 14.6 Å². The van der Waals surface area contributed by atoms with Crippen molar-refractivity contribution in [3.8, 4) is 11.1 Å². The third-order valence-electron chi connectivity index (χ3n) is 7.02. The van der Waals surface area contributed by atoms with Crippen LogP contribution in [0.15, 0.2) is 48.5 Å². The number of carbonyl (C=O) groups is 3. The smallest absolute Gasteiger partial charge is 0.407 e. The molecule has 5 rings (SSSR count). The molecule has 8 nitrogen and oxygen atoms in total. The van der Waals surface area contributed by atoms with Crippen LogP contribution in [0, 0.1) is 5.92 Å². The largest absolute Gasteiger partial charge is 0.481 e. The van der Waals surface area contributed by atoms with Gasteiger partial charge < -0.3 is 24.8 Å². The molecule has 2 heterocycles. The Bertz CT molecular complexity index is 1050. The zero-order chi connectivity index (χ0) is 23.7. The van der Waals surface area contributed by atoms with Gasteiger partial charge in [0.1, 0.15) is 6.61 Å². The lowest BCUT2D eigenvalue weighted by atomic mass is 9.93. The van der Waals surface area contributed by atoms with Crippen LogP contribution in [0.1, 0.15) is 36.3 Å². The molecule has 0 radical (unpaired) electrons. The van der Waals surface area contributed by atoms with Gasteiger partial charge in [0, 0.05) is 32.0 Å². The lowest BCUT2D eigenvalue weighted by Gasteiger charge is -2.41. The van der Waals surface area contributed by atoms with Gasteiger partial charge >= 0.3 is 12.1 Å². The van der Waals surface area contributed by atoms with E-state index in [9.17, 15) is 14.4 Å². The first-order valence-corrected chi connectivity index (χ1v) is 11.7. The minimum Gasteiger partial charge on any atom is -0.481 e. The van der Waals surface area contributed by atoms with Crippen molar-refractivity contribution < 1.29 is 29.0 Å². The van der Waals surface area contributed by atoms with Gasteiger partial charge in [-0.1, -0.05) is 48.5 Å². The molecule has 8 heteroatoms. The Kier molecular flexibility index (Phi) is 6.24. The fourth-order valence-corrected chi connectivity index (χ4v) is 5.21. The molecule has 0 bridgehead atoms. The molecular weight excluding hydrogens is 436 g/mol. The number of hydrogen-bond donors (Lipinski definition) is 2. The molecule has 2 aromatic carbocycles. The van der Waals surface area contributed by atoms with E-state index < -0.39 is 24.2 Å². The number of rotatable bonds is 7. The molecule has 2 aliphatic heterocycles. The number of carboxylic acids is 1. The van der Waals surface area contributed by atoms with Gasteiger partial charge in [-0.2, -0.15) is 0 Å². The molecule has 3 aliphatic rings. The number of nitrogens with one attached hydrogen (secondary N) is 1. The highest BCUT2D eigenvalue weighted by Gasteiger charge is 2.42. The fourth-order valence-electron chi connectivity index (χ4n) is 5.21. The maximum Gasteiger partial charge on any atom is 0.407 e. The van der Waals surface area contributed by atoms with Crippen LogP contribution in [-0.4, -0.2) is 66.4 Å². The topological polar surface area (TPSA) is 105 Å². The Hall–Kier alpha value is -3.39. The Balaban J connectivity index is 1.15. The first kappa shape index (κ1) is 22.4. The molecule has 1 aliphatic carbocycles. The summed E-state index contributed by atoms with van der Waals surface area (Å²) >= 11 is 0. The van der Waals surface area contributed by atoms with Crippen LogP contribution >= 0.6 is 0 Å². The summed E-state index contributed by atoms with van der Waals surface area (Å²) in [5.41, 5.74) is 4.62. The van der Waals surface area contributed by atoms with Crippen LogP contribution in [-0.2, 0) is 19.1 Å². The zero-order valence-electron chi connectivity index (χ0n) is 18.8. The molecular formula is C26H28N2O6. The minimum atomic E-state index is -0.823. The number of aliphatic carboxylic acids is 1. The highest BCUT2D eigenvalue weighted by atomic mass is 16.6. The van der Waals surface area contributed by atoms with Crippen molar-refractivity contribution in [2.24, 2.45) is 5.92 Å². The summed E-state index contributed by atoms with van der Waals surface area (Å²) < 4.78 is 11.2. The molecule has 178 valence electrons. The van der Waals surface area contributed by atoms with E-state index in [0.29, 0.717) is 32.5 Å². The summed E-state index contributed by atoms with van der Waals surface area (Å²) in [7, 11) is 0. The van der Waals surface area contributed by atoms with Crippen LogP contribution in [0.25, 0.3) is 11.1 Å². The quantitative estimate of drug-likeness (QED) is 0.653. The van der Waals surface area contributed by atoms with E-state index in [1.807, 2.05) is 24.3 Å². The third kappa shape index (κ3) is 4.37. The lowest BCUT2D eigenvalue weighted by molar-refractivity contribution is -0.148. The van der Waals surface area contributed by atoms with Crippen LogP contribution < -0.4 is 5.32 Å². The van der Waals surface area contributed by atoms with Gasteiger partial charge in [0.2, 0.25) is 0 Å². The van der Waals surface area contributed by atoms with Crippen molar-refractivity contribution in [3.05, 3.63) is 59.7 Å². The lowest BCUT2D eigenvalue weighted by Crippen LogP contribution is -2.57. The number of ether oxygens (including phenoxy) is 2. The normalized spacial score (nSPS) is 21.5. The molecule has 2 N–H and O–H groups in total. The van der Waals surface area contributed by atoms with Crippen molar-refractivity contribution in [3.63, 3.8) is 0 Å². The average molecular weight is 465 g/mol. The summed E-state index contributed by atoms with van der Waals surface area (Å²) in [6, 6.07) is 15.9. The van der Waals surface area contributed by atoms with Crippen molar-refractivity contribution >= 4 is 18.0 Å². The third-order valence-corrected chi connectivity index (χ3v) is 7.02. The molecule has 0 saturated carbocycles. The summed E-state index contributed by atoms with van der Waals surface area (Å²) in [6.07, 6.45) is -0.0827. The Morgan fingerprint density at radius 2 is 1.68 bits per heavy atom. The van der Waals surface area contributed by atoms with Crippen LogP contribution in [0.5, 0.6) is 0 Å².